The van der Waals surface area contributed by atoms with Crippen LogP contribution < -0.4 is 5.32 Å². The lowest BCUT2D eigenvalue weighted by Crippen LogP contribution is -2.54. The summed E-state index contributed by atoms with van der Waals surface area (Å²) >= 11 is 1.51. The Hall–Kier alpha value is -1.76. The van der Waals surface area contributed by atoms with Gasteiger partial charge in [-0.25, -0.2) is 14.0 Å². The number of thioether (sulfide) groups is 1. The number of carboxylic acids is 1. The van der Waals surface area contributed by atoms with Gasteiger partial charge < -0.3 is 15.3 Å². The van der Waals surface area contributed by atoms with Crippen molar-refractivity contribution in [3.8, 4) is 0 Å². The fourth-order valence-corrected chi connectivity index (χ4v) is 3.26. The third-order valence-corrected chi connectivity index (χ3v) is 4.41. The summed E-state index contributed by atoms with van der Waals surface area (Å²) in [4.78, 5) is 24.7. The van der Waals surface area contributed by atoms with Gasteiger partial charge in [0, 0.05) is 23.6 Å². The second kappa shape index (κ2) is 6.80. The van der Waals surface area contributed by atoms with Crippen LogP contribution in [0.15, 0.2) is 24.3 Å². The van der Waals surface area contributed by atoms with Crippen LogP contribution in [0.2, 0.25) is 0 Å². The number of benzene rings is 1. The molecule has 1 fully saturated rings. The van der Waals surface area contributed by atoms with E-state index >= 15 is 0 Å². The van der Waals surface area contributed by atoms with Crippen molar-refractivity contribution in [3.63, 3.8) is 0 Å². The number of amides is 2. The number of carboxylic acid groups (broad SMARTS) is 1. The Morgan fingerprint density at radius 3 is 2.86 bits per heavy atom. The predicted octanol–water partition coefficient (Wildman–Crippen LogP) is 2.10. The third kappa shape index (κ3) is 3.66. The molecule has 0 spiro atoms. The fraction of sp³-hybridized carbons (Fsp3) is 0.429. The average Bonchev–Trinajstić information content (AvgIpc) is 2.47. The molecule has 1 aromatic carbocycles. The lowest BCUT2D eigenvalue weighted by atomic mass is 10.1. The Morgan fingerprint density at radius 1 is 1.48 bits per heavy atom. The van der Waals surface area contributed by atoms with Gasteiger partial charge in [-0.1, -0.05) is 18.2 Å². The van der Waals surface area contributed by atoms with Crippen molar-refractivity contribution in [3.05, 3.63) is 35.6 Å². The van der Waals surface area contributed by atoms with E-state index in [1.54, 1.807) is 25.1 Å². The van der Waals surface area contributed by atoms with E-state index in [-0.39, 0.29) is 0 Å². The van der Waals surface area contributed by atoms with Crippen LogP contribution in [0.25, 0.3) is 0 Å². The Labute approximate surface area is 126 Å². The maximum absolute atomic E-state index is 13.7. The topological polar surface area (TPSA) is 69.6 Å². The zero-order valence-electron chi connectivity index (χ0n) is 11.6. The Morgan fingerprint density at radius 2 is 2.19 bits per heavy atom. The van der Waals surface area contributed by atoms with Crippen LogP contribution in [0.4, 0.5) is 9.18 Å². The highest BCUT2D eigenvalue weighted by atomic mass is 32.2. The van der Waals surface area contributed by atoms with Crippen LogP contribution in [0.5, 0.6) is 0 Å². The number of halogens is 1. The molecule has 0 aliphatic carbocycles. The number of hydrogen-bond donors (Lipinski definition) is 2. The molecule has 2 unspecified atom stereocenters. The summed E-state index contributed by atoms with van der Waals surface area (Å²) in [5, 5.41) is 11.8. The summed E-state index contributed by atoms with van der Waals surface area (Å²) in [5.74, 6) is -0.340. The van der Waals surface area contributed by atoms with Gasteiger partial charge in [-0.2, -0.15) is 11.8 Å². The first-order chi connectivity index (χ1) is 10.0. The van der Waals surface area contributed by atoms with Gasteiger partial charge in [0.2, 0.25) is 0 Å². The van der Waals surface area contributed by atoms with Gasteiger partial charge in [-0.05, 0) is 13.0 Å². The largest absolute Gasteiger partial charge is 0.480 e. The van der Waals surface area contributed by atoms with E-state index < -0.39 is 29.9 Å². The molecule has 21 heavy (non-hydrogen) atoms. The van der Waals surface area contributed by atoms with E-state index in [1.807, 2.05) is 0 Å². The van der Waals surface area contributed by atoms with Crippen LogP contribution >= 0.6 is 11.8 Å². The Bertz CT molecular complexity index is 541. The first-order valence-corrected chi connectivity index (χ1v) is 7.78. The van der Waals surface area contributed by atoms with Crippen LogP contribution in [-0.2, 0) is 4.79 Å². The number of rotatable bonds is 3. The van der Waals surface area contributed by atoms with Crippen molar-refractivity contribution in [2.75, 3.05) is 18.1 Å². The molecule has 114 valence electrons. The summed E-state index contributed by atoms with van der Waals surface area (Å²) < 4.78 is 13.7. The van der Waals surface area contributed by atoms with Gasteiger partial charge in [-0.15, -0.1) is 0 Å². The smallest absolute Gasteiger partial charge is 0.327 e. The molecule has 2 atom stereocenters. The molecule has 5 nitrogen and oxygen atoms in total. The predicted molar refractivity (Wildman–Crippen MR) is 78.8 cm³/mol. The molecular formula is C14H17FN2O3S. The van der Waals surface area contributed by atoms with E-state index in [2.05, 4.69) is 5.32 Å². The van der Waals surface area contributed by atoms with Crippen molar-refractivity contribution >= 4 is 23.8 Å². The number of nitrogens with zero attached hydrogens (tertiary/aromatic N) is 1. The van der Waals surface area contributed by atoms with Crippen LogP contribution in [-0.4, -0.2) is 46.1 Å². The highest BCUT2D eigenvalue weighted by Crippen LogP contribution is 2.20. The molecule has 0 saturated carbocycles. The minimum absolute atomic E-state index is 0.372. The van der Waals surface area contributed by atoms with Crippen LogP contribution in [0.3, 0.4) is 0 Å². The molecule has 2 N–H and O–H groups in total. The monoisotopic (exact) mass is 312 g/mol. The lowest BCUT2D eigenvalue weighted by molar-refractivity contribution is -0.141. The zero-order chi connectivity index (χ0) is 15.4. The summed E-state index contributed by atoms with van der Waals surface area (Å²) in [6, 6.07) is 4.36. The van der Waals surface area contributed by atoms with Gasteiger partial charge >= 0.3 is 12.0 Å². The molecule has 1 aliphatic rings. The molecule has 0 bridgehead atoms. The number of carbonyl (C=O) groups excluding carboxylic acids is 1. The van der Waals surface area contributed by atoms with E-state index in [0.717, 1.165) is 0 Å². The first-order valence-electron chi connectivity index (χ1n) is 6.63. The molecule has 1 saturated heterocycles. The molecule has 0 radical (unpaired) electrons. The zero-order valence-corrected chi connectivity index (χ0v) is 12.4. The second-order valence-electron chi connectivity index (χ2n) is 4.82. The molecule has 7 heteroatoms. The summed E-state index contributed by atoms with van der Waals surface area (Å²) in [6.07, 6.45) is 0. The number of aliphatic carboxylic acids is 1. The maximum Gasteiger partial charge on any atom is 0.327 e. The molecule has 2 amide bonds. The number of carbonyl (C=O) groups is 2. The SMILES string of the molecule is CC(NC(=O)N1CCSCC1C(=O)O)c1ccccc1F. The number of nitrogens with one attached hydrogen (secondary N) is 1. The van der Waals surface area contributed by atoms with E-state index in [0.29, 0.717) is 23.6 Å². The molecular weight excluding hydrogens is 295 g/mol. The summed E-state index contributed by atoms with van der Waals surface area (Å²) in [7, 11) is 0. The van der Waals surface area contributed by atoms with E-state index in [4.69, 9.17) is 5.11 Å². The van der Waals surface area contributed by atoms with Crippen LogP contribution in [0.1, 0.15) is 18.5 Å². The van der Waals surface area contributed by atoms with Crippen molar-refractivity contribution in [1.82, 2.24) is 10.2 Å². The summed E-state index contributed by atoms with van der Waals surface area (Å²) in [5.41, 5.74) is 0.379. The minimum Gasteiger partial charge on any atom is -0.480 e. The molecule has 0 aromatic heterocycles. The van der Waals surface area contributed by atoms with Gasteiger partial charge in [-0.3, -0.25) is 0 Å². The van der Waals surface area contributed by atoms with Gasteiger partial charge in [0.25, 0.3) is 0 Å². The van der Waals surface area contributed by atoms with Crippen molar-refractivity contribution in [1.29, 1.82) is 0 Å². The van der Waals surface area contributed by atoms with Crippen molar-refractivity contribution in [2.45, 2.75) is 19.0 Å². The molecule has 2 rings (SSSR count). The summed E-state index contributed by atoms with van der Waals surface area (Å²) in [6.45, 7) is 2.04. The minimum atomic E-state index is -1.02. The van der Waals surface area contributed by atoms with Gasteiger partial charge in [0.1, 0.15) is 11.9 Å². The van der Waals surface area contributed by atoms with Crippen molar-refractivity contribution < 1.29 is 19.1 Å². The van der Waals surface area contributed by atoms with E-state index in [9.17, 15) is 14.0 Å². The Balaban J connectivity index is 2.06. The van der Waals surface area contributed by atoms with E-state index in [1.165, 1.54) is 22.7 Å². The second-order valence-corrected chi connectivity index (χ2v) is 5.96. The normalized spacial score (nSPS) is 19.9. The highest BCUT2D eigenvalue weighted by Gasteiger charge is 2.33. The molecule has 1 aromatic rings. The van der Waals surface area contributed by atoms with Crippen LogP contribution in [0, 0.1) is 5.82 Å². The van der Waals surface area contributed by atoms with Gasteiger partial charge in [0.05, 0.1) is 6.04 Å². The fourth-order valence-electron chi connectivity index (χ4n) is 2.22. The lowest BCUT2D eigenvalue weighted by Gasteiger charge is -2.33. The number of hydrogen-bond acceptors (Lipinski definition) is 3. The standard InChI is InChI=1S/C14H17FN2O3S/c1-9(10-4-2-3-5-11(10)15)16-14(20)17-6-7-21-8-12(17)13(18)19/h2-5,9,12H,6-8H2,1H3,(H,16,20)(H,18,19). The first kappa shape index (κ1) is 15.6. The maximum atomic E-state index is 13.7. The Kier molecular flexibility index (Phi) is 5.06. The van der Waals surface area contributed by atoms with Gasteiger partial charge in [0.15, 0.2) is 0 Å². The quantitative estimate of drug-likeness (QED) is 0.897. The third-order valence-electron chi connectivity index (χ3n) is 3.39. The highest BCUT2D eigenvalue weighted by molar-refractivity contribution is 7.99. The number of urea groups is 1. The molecule has 1 aliphatic heterocycles. The molecule has 1 heterocycles. The average molecular weight is 312 g/mol. The van der Waals surface area contributed by atoms with Crippen molar-refractivity contribution in [2.24, 2.45) is 0 Å².